The zero-order valence-electron chi connectivity index (χ0n) is 16.7. The van der Waals surface area contributed by atoms with Crippen LogP contribution < -0.4 is 15.4 Å². The smallest absolute Gasteiger partial charge is 0.255 e. The molecule has 0 aliphatic rings. The highest BCUT2D eigenvalue weighted by molar-refractivity contribution is 6.05. The van der Waals surface area contributed by atoms with E-state index in [2.05, 4.69) is 10.6 Å². The van der Waals surface area contributed by atoms with Gasteiger partial charge in [0.05, 0.1) is 6.61 Å². The number of anilines is 1. The van der Waals surface area contributed by atoms with Gasteiger partial charge in [0.25, 0.3) is 11.8 Å². The number of carbonyl (C=O) groups excluding carboxylic acids is 2. The van der Waals surface area contributed by atoms with Crippen molar-refractivity contribution in [2.75, 3.05) is 18.5 Å². The van der Waals surface area contributed by atoms with Gasteiger partial charge in [-0.25, -0.2) is 4.39 Å². The fourth-order valence-corrected chi connectivity index (χ4v) is 2.80. The van der Waals surface area contributed by atoms with E-state index in [9.17, 15) is 14.0 Å². The van der Waals surface area contributed by atoms with Crippen LogP contribution in [0.25, 0.3) is 0 Å². The Morgan fingerprint density at radius 3 is 2.40 bits per heavy atom. The highest BCUT2D eigenvalue weighted by atomic mass is 19.1. The summed E-state index contributed by atoms with van der Waals surface area (Å²) in [6, 6.07) is 20.2. The van der Waals surface area contributed by atoms with Crippen molar-refractivity contribution >= 4 is 17.5 Å². The van der Waals surface area contributed by atoms with Gasteiger partial charge in [-0.2, -0.15) is 0 Å². The first-order chi connectivity index (χ1) is 14.5. The minimum Gasteiger partial charge on any atom is -0.490 e. The molecule has 0 heterocycles. The molecule has 0 aliphatic carbocycles. The standard InChI is InChI=1S/C24H23FN2O3/c1-17-12-13-19(16-21(17)27-24(29)18-8-3-2-4-9-18)23(28)26-14-7-15-30-22-11-6-5-10-20(22)25/h2-6,8-13,16H,7,14-15H2,1H3,(H,26,28)(H,27,29). The molecule has 0 atom stereocenters. The topological polar surface area (TPSA) is 67.4 Å². The molecule has 2 N–H and O–H groups in total. The third kappa shape index (κ3) is 5.67. The Morgan fingerprint density at radius 2 is 1.63 bits per heavy atom. The van der Waals surface area contributed by atoms with E-state index >= 15 is 0 Å². The van der Waals surface area contributed by atoms with Gasteiger partial charge < -0.3 is 15.4 Å². The Kier molecular flexibility index (Phi) is 7.16. The third-order valence-electron chi connectivity index (χ3n) is 4.48. The number of nitrogens with one attached hydrogen (secondary N) is 2. The molecule has 2 amide bonds. The molecule has 0 aliphatic heterocycles. The summed E-state index contributed by atoms with van der Waals surface area (Å²) in [5.74, 6) is -0.704. The van der Waals surface area contributed by atoms with Gasteiger partial charge in [0.2, 0.25) is 0 Å². The number of ether oxygens (including phenoxy) is 1. The van der Waals surface area contributed by atoms with Crippen molar-refractivity contribution in [2.45, 2.75) is 13.3 Å². The number of hydrogen-bond acceptors (Lipinski definition) is 3. The monoisotopic (exact) mass is 406 g/mol. The molecule has 3 aromatic carbocycles. The number of benzene rings is 3. The quantitative estimate of drug-likeness (QED) is 0.538. The average molecular weight is 406 g/mol. The molecule has 0 bridgehead atoms. The molecule has 0 unspecified atom stereocenters. The summed E-state index contributed by atoms with van der Waals surface area (Å²) < 4.78 is 18.9. The van der Waals surface area contributed by atoms with Gasteiger partial charge in [0.15, 0.2) is 11.6 Å². The van der Waals surface area contributed by atoms with Crippen molar-refractivity contribution in [3.05, 3.63) is 95.3 Å². The number of amides is 2. The van der Waals surface area contributed by atoms with Gasteiger partial charge in [-0.1, -0.05) is 36.4 Å². The largest absolute Gasteiger partial charge is 0.490 e. The summed E-state index contributed by atoms with van der Waals surface area (Å²) in [4.78, 5) is 24.8. The lowest BCUT2D eigenvalue weighted by atomic mass is 10.1. The molecule has 0 aromatic heterocycles. The maximum atomic E-state index is 13.5. The van der Waals surface area contributed by atoms with Crippen LogP contribution >= 0.6 is 0 Å². The first-order valence-corrected chi connectivity index (χ1v) is 9.67. The van der Waals surface area contributed by atoms with Crippen molar-refractivity contribution in [1.29, 1.82) is 0 Å². The Morgan fingerprint density at radius 1 is 0.900 bits per heavy atom. The highest BCUT2D eigenvalue weighted by Gasteiger charge is 2.11. The second-order valence-corrected chi connectivity index (χ2v) is 6.74. The first-order valence-electron chi connectivity index (χ1n) is 9.67. The summed E-state index contributed by atoms with van der Waals surface area (Å²) in [5.41, 5.74) is 2.43. The van der Waals surface area contributed by atoms with Crippen LogP contribution in [0, 0.1) is 12.7 Å². The number of halogens is 1. The molecule has 0 fully saturated rings. The van der Waals surface area contributed by atoms with E-state index in [1.807, 2.05) is 13.0 Å². The Bertz CT molecular complexity index is 1020. The summed E-state index contributed by atoms with van der Waals surface area (Å²) in [6.07, 6.45) is 0.531. The van der Waals surface area contributed by atoms with Crippen LogP contribution in [0.2, 0.25) is 0 Å². The molecule has 154 valence electrons. The number of rotatable bonds is 8. The Hall–Kier alpha value is -3.67. The molecule has 3 rings (SSSR count). The van der Waals surface area contributed by atoms with Gasteiger partial charge in [-0.15, -0.1) is 0 Å². The molecule has 0 spiro atoms. The van der Waals surface area contributed by atoms with E-state index in [0.717, 1.165) is 5.56 Å². The van der Waals surface area contributed by atoms with Crippen LogP contribution in [0.1, 0.15) is 32.7 Å². The van der Waals surface area contributed by atoms with Gasteiger partial charge in [0.1, 0.15) is 0 Å². The van der Waals surface area contributed by atoms with E-state index in [4.69, 9.17) is 4.74 Å². The molecular formula is C24H23FN2O3. The second-order valence-electron chi connectivity index (χ2n) is 6.74. The molecule has 3 aromatic rings. The zero-order chi connectivity index (χ0) is 21.3. The van der Waals surface area contributed by atoms with E-state index in [-0.39, 0.29) is 24.2 Å². The van der Waals surface area contributed by atoms with E-state index in [1.165, 1.54) is 6.07 Å². The minimum atomic E-state index is -0.411. The van der Waals surface area contributed by atoms with E-state index < -0.39 is 5.82 Å². The maximum absolute atomic E-state index is 13.5. The van der Waals surface area contributed by atoms with Crippen LogP contribution in [0.4, 0.5) is 10.1 Å². The fourth-order valence-electron chi connectivity index (χ4n) is 2.80. The van der Waals surface area contributed by atoms with Crippen molar-refractivity contribution in [3.8, 4) is 5.75 Å². The van der Waals surface area contributed by atoms with Crippen molar-refractivity contribution in [2.24, 2.45) is 0 Å². The van der Waals surface area contributed by atoms with Crippen LogP contribution in [0.15, 0.2) is 72.8 Å². The fraction of sp³-hybridized carbons (Fsp3) is 0.167. The number of aryl methyl sites for hydroxylation is 1. The average Bonchev–Trinajstić information content (AvgIpc) is 2.76. The van der Waals surface area contributed by atoms with Crippen LogP contribution in [0.5, 0.6) is 5.75 Å². The molecule has 0 radical (unpaired) electrons. The highest BCUT2D eigenvalue weighted by Crippen LogP contribution is 2.18. The van der Waals surface area contributed by atoms with Gasteiger partial charge in [-0.3, -0.25) is 9.59 Å². The first kappa shape index (κ1) is 21.0. The molecular weight excluding hydrogens is 383 g/mol. The van der Waals surface area contributed by atoms with Crippen LogP contribution in [-0.2, 0) is 0 Å². The molecule has 5 nitrogen and oxygen atoms in total. The van der Waals surface area contributed by atoms with Crippen molar-refractivity contribution in [3.63, 3.8) is 0 Å². The lowest BCUT2D eigenvalue weighted by molar-refractivity contribution is 0.0950. The van der Waals surface area contributed by atoms with Crippen LogP contribution in [-0.4, -0.2) is 25.0 Å². The Labute approximate surface area is 174 Å². The van der Waals surface area contributed by atoms with Crippen LogP contribution in [0.3, 0.4) is 0 Å². The number of hydrogen-bond donors (Lipinski definition) is 2. The normalized spacial score (nSPS) is 10.3. The summed E-state index contributed by atoms with van der Waals surface area (Å²) >= 11 is 0. The third-order valence-corrected chi connectivity index (χ3v) is 4.48. The number of carbonyl (C=O) groups is 2. The molecule has 6 heteroatoms. The zero-order valence-corrected chi connectivity index (χ0v) is 16.7. The predicted octanol–water partition coefficient (Wildman–Crippen LogP) is 4.59. The van der Waals surface area contributed by atoms with E-state index in [1.54, 1.807) is 60.7 Å². The van der Waals surface area contributed by atoms with Crippen molar-refractivity contribution < 1.29 is 18.7 Å². The molecule has 30 heavy (non-hydrogen) atoms. The Balaban J connectivity index is 1.51. The van der Waals surface area contributed by atoms with Crippen molar-refractivity contribution in [1.82, 2.24) is 5.32 Å². The summed E-state index contributed by atoms with van der Waals surface area (Å²) in [6.45, 7) is 2.53. The van der Waals surface area contributed by atoms with Gasteiger partial charge >= 0.3 is 0 Å². The number of para-hydroxylation sites is 1. The lowest BCUT2D eigenvalue weighted by Gasteiger charge is -2.11. The maximum Gasteiger partial charge on any atom is 0.255 e. The SMILES string of the molecule is Cc1ccc(C(=O)NCCCOc2ccccc2F)cc1NC(=O)c1ccccc1. The lowest BCUT2D eigenvalue weighted by Crippen LogP contribution is -2.26. The second kappa shape index (κ2) is 10.2. The minimum absolute atomic E-state index is 0.196. The molecule has 0 saturated carbocycles. The van der Waals surface area contributed by atoms with Gasteiger partial charge in [0, 0.05) is 23.4 Å². The van der Waals surface area contributed by atoms with Gasteiger partial charge in [-0.05, 0) is 55.3 Å². The summed E-state index contributed by atoms with van der Waals surface area (Å²) in [5, 5.41) is 5.65. The summed E-state index contributed by atoms with van der Waals surface area (Å²) in [7, 11) is 0. The predicted molar refractivity (Wildman–Crippen MR) is 114 cm³/mol. The van der Waals surface area contributed by atoms with E-state index in [0.29, 0.717) is 29.8 Å². The molecule has 0 saturated heterocycles.